The summed E-state index contributed by atoms with van der Waals surface area (Å²) in [6, 6.07) is 16.4. The number of fused-ring (bicyclic) bond motifs is 2. The molecule has 4 aromatic carbocycles. The quantitative estimate of drug-likeness (QED) is 0.00940. The number of aromatic hydroxyl groups is 1. The summed E-state index contributed by atoms with van der Waals surface area (Å²) >= 11 is 8.60. The van der Waals surface area contributed by atoms with E-state index < -0.39 is 113 Å². The maximum atomic E-state index is 15.2. The van der Waals surface area contributed by atoms with Crippen molar-refractivity contribution in [2.24, 2.45) is 17.2 Å². The number of phenols is 1. The zero-order valence-electron chi connectivity index (χ0n) is 54.1. The van der Waals surface area contributed by atoms with E-state index in [1.165, 1.54) is 31.6 Å². The number of rotatable bonds is 38. The van der Waals surface area contributed by atoms with Crippen LogP contribution in [-0.4, -0.2) is 175 Å². The van der Waals surface area contributed by atoms with Crippen molar-refractivity contribution in [3.63, 3.8) is 0 Å². The minimum Gasteiger partial charge on any atom is -0.508 e. The minimum absolute atomic E-state index is 0.0257. The molecule has 33 heteroatoms. The summed E-state index contributed by atoms with van der Waals surface area (Å²) < 4.78 is 0. The molecule has 99 heavy (non-hydrogen) atoms. The van der Waals surface area contributed by atoms with Crippen LogP contribution in [0.4, 0.5) is 0 Å². The molecule has 23 N–H and O–H groups in total. The van der Waals surface area contributed by atoms with E-state index in [0.717, 1.165) is 10.9 Å². The lowest BCUT2D eigenvalue weighted by atomic mass is 10.0. The number of amides is 10. The molecule has 0 saturated carbocycles. The summed E-state index contributed by atoms with van der Waals surface area (Å²) in [5.74, 6) is -9.50. The van der Waals surface area contributed by atoms with Crippen LogP contribution in [0.3, 0.4) is 0 Å². The van der Waals surface area contributed by atoms with Gasteiger partial charge >= 0.3 is 0 Å². The Kier molecular flexibility index (Phi) is 28.5. The van der Waals surface area contributed by atoms with Crippen molar-refractivity contribution < 1.29 is 53.1 Å². The Balaban J connectivity index is 1.16. The second kappa shape index (κ2) is 37.4. The van der Waals surface area contributed by atoms with E-state index in [2.05, 4.69) is 104 Å². The van der Waals surface area contributed by atoms with E-state index in [9.17, 15) is 38.7 Å². The van der Waals surface area contributed by atoms with Gasteiger partial charge in [0.2, 0.25) is 59.1 Å². The Morgan fingerprint density at radius 1 is 0.455 bits per heavy atom. The Labute approximate surface area is 580 Å². The molecule has 3 heterocycles. The van der Waals surface area contributed by atoms with Crippen molar-refractivity contribution >= 4 is 118 Å². The van der Waals surface area contributed by atoms with Crippen LogP contribution >= 0.6 is 25.3 Å². The fourth-order valence-corrected chi connectivity index (χ4v) is 11.4. The lowest BCUT2D eigenvalue weighted by molar-refractivity contribution is -0.135. The monoisotopic (exact) mass is 1400 g/mol. The van der Waals surface area contributed by atoms with Crippen molar-refractivity contribution in [3.05, 3.63) is 156 Å². The molecule has 0 spiro atoms. The Morgan fingerprint density at radius 3 is 1.25 bits per heavy atom. The Hall–Kier alpha value is -11.1. The number of nitrogens with one attached hydrogen (secondary N) is 16. The van der Waals surface area contributed by atoms with Gasteiger partial charge in [-0.2, -0.15) is 25.3 Å². The molecular weight excluding hydrogens is 1310 g/mol. The second-order valence-corrected chi connectivity index (χ2v) is 24.2. The lowest BCUT2D eigenvalue weighted by Gasteiger charge is -2.28. The predicted molar refractivity (Wildman–Crippen MR) is 377 cm³/mol. The summed E-state index contributed by atoms with van der Waals surface area (Å²) in [4.78, 5) is 155. The zero-order chi connectivity index (χ0) is 71.5. The van der Waals surface area contributed by atoms with E-state index >= 15 is 14.4 Å². The van der Waals surface area contributed by atoms with Gasteiger partial charge in [0.15, 0.2) is 11.9 Å². The van der Waals surface area contributed by atoms with Crippen molar-refractivity contribution in [1.29, 1.82) is 10.8 Å². The number of hydrogen-bond acceptors (Lipinski definition) is 16. The zero-order valence-corrected chi connectivity index (χ0v) is 55.9. The van der Waals surface area contributed by atoms with Crippen LogP contribution < -0.4 is 75.7 Å². The number of carbonyl (C=O) groups excluding carboxylic acids is 10. The molecule has 10 amide bonds. The van der Waals surface area contributed by atoms with Crippen molar-refractivity contribution in [2.45, 2.75) is 119 Å². The third kappa shape index (κ3) is 23.3. The third-order valence-corrected chi connectivity index (χ3v) is 16.7. The maximum absolute atomic E-state index is 15.2. The van der Waals surface area contributed by atoms with Gasteiger partial charge in [0.1, 0.15) is 60.1 Å². The van der Waals surface area contributed by atoms with Crippen molar-refractivity contribution in [3.8, 4) is 5.75 Å². The maximum Gasteiger partial charge on any atom is 0.244 e. The van der Waals surface area contributed by atoms with Gasteiger partial charge in [0, 0.05) is 110 Å². The Bertz CT molecular complexity index is 3950. The molecule has 0 saturated heterocycles. The van der Waals surface area contributed by atoms with Gasteiger partial charge in [-0.15, -0.1) is 0 Å². The molecule has 7 aromatic rings. The SMILES string of the molecule is CC(=O)N[C@@H](Cc1ccc(O)cc1)C(=O)N[C@@H](CCCNC(=N)N)C(=O)N[C@@H](CS)C(=O)N[C@@H](Cc1c[nH]c2ccccc12)C(=O)N[C@@H](Cc1cnc[nH]1)C(=O)N[C@H](Cc1ccccc1)C(=O)N[C@@H](CCCNC(=N)N)C(=O)N[C@@H](Cc1c[nH]c2ccccc12)C(=O)N[C@@H](CS)C(N)=O. The van der Waals surface area contributed by atoms with E-state index in [1.807, 2.05) is 18.2 Å². The van der Waals surface area contributed by atoms with Crippen LogP contribution in [0.15, 0.2) is 128 Å². The first-order chi connectivity index (χ1) is 47.5. The topological polar surface area (TPSA) is 509 Å². The molecule has 7 rings (SSSR count). The number of nitrogens with zero attached hydrogens (tertiary/aromatic N) is 1. The van der Waals surface area contributed by atoms with Gasteiger partial charge in [0.25, 0.3) is 0 Å². The normalized spacial score (nSPS) is 13.8. The Morgan fingerprint density at radius 2 is 0.828 bits per heavy atom. The standard InChI is InChI=1S/C66H84N20O11S2/c1-36(87)78-49(26-38-19-21-42(88)22-20-38)59(92)79-48(18-10-24-74-66(70)71)58(91)86-55(34-99)64(97)83-51(27-39-30-75-45-15-7-5-13-43(39)45)61(94)84-53(29-41-32-72-35-77-41)63(96)81-50(25-37-11-3-2-4-12-37)60(93)80-47(17-9-23-73-65(68)69)57(90)82-52(62(95)85-54(33-98)56(67)89)28-40-31-76-46-16-8-6-14-44(40)46/h2-8,11-16,19-22,30-32,35,47-55,75-76,88,98-99H,9-10,17-18,23-29,33-34H2,1H3,(H2,67,89)(H,72,77)(H,78,87)(H,79,92)(H,80,93)(H,81,96)(H,82,90)(H,83,97)(H,84,94)(H,85,95)(H,86,91)(H4,68,69,73)(H4,70,71,74)/t47-,48-,49-,50+,51-,52-,53-,54-,55-/m0/s1. The smallest absolute Gasteiger partial charge is 0.244 e. The van der Waals surface area contributed by atoms with Gasteiger partial charge in [-0.3, -0.25) is 58.8 Å². The number of guanidine groups is 2. The highest BCUT2D eigenvalue weighted by molar-refractivity contribution is 7.80. The predicted octanol–water partition coefficient (Wildman–Crippen LogP) is -1.15. The summed E-state index contributed by atoms with van der Waals surface area (Å²) in [7, 11) is 0. The highest BCUT2D eigenvalue weighted by atomic mass is 32.1. The molecule has 0 aliphatic rings. The fourth-order valence-electron chi connectivity index (χ4n) is 10.8. The van der Waals surface area contributed by atoms with E-state index in [1.54, 1.807) is 85.2 Å². The number of phenolic OH excluding ortho intramolecular Hbond substituents is 1. The average Bonchev–Trinajstić information content (AvgIpc) is 1.74. The van der Waals surface area contributed by atoms with Gasteiger partial charge in [-0.25, -0.2) is 4.98 Å². The fraction of sp³-hybridized carbons (Fsp3) is 0.348. The van der Waals surface area contributed by atoms with Crippen LogP contribution in [0.1, 0.15) is 60.6 Å². The number of nitrogens with two attached hydrogens (primary N) is 3. The first kappa shape index (κ1) is 75.3. The van der Waals surface area contributed by atoms with Gasteiger partial charge < -0.3 is 95.7 Å². The van der Waals surface area contributed by atoms with E-state index in [4.69, 9.17) is 28.0 Å². The van der Waals surface area contributed by atoms with Crippen LogP contribution in [0.2, 0.25) is 0 Å². The number of para-hydroxylation sites is 2. The van der Waals surface area contributed by atoms with E-state index in [-0.39, 0.29) is 100 Å². The first-order valence-corrected chi connectivity index (χ1v) is 33.0. The number of thiol groups is 2. The van der Waals surface area contributed by atoms with Crippen LogP contribution in [0, 0.1) is 10.8 Å². The molecule has 9 atom stereocenters. The van der Waals surface area contributed by atoms with Crippen LogP contribution in [0.25, 0.3) is 21.8 Å². The van der Waals surface area contributed by atoms with Crippen molar-refractivity contribution in [1.82, 2.24) is 78.4 Å². The summed E-state index contributed by atoms with van der Waals surface area (Å²) in [5, 5.41) is 56.2. The molecule has 0 radical (unpaired) electrons. The van der Waals surface area contributed by atoms with Gasteiger partial charge in [-0.05, 0) is 72.2 Å². The number of carbonyl (C=O) groups is 10. The number of imidazole rings is 1. The highest BCUT2D eigenvalue weighted by Crippen LogP contribution is 2.22. The third-order valence-electron chi connectivity index (χ3n) is 16.0. The molecule has 0 unspecified atom stereocenters. The summed E-state index contributed by atoms with van der Waals surface area (Å²) in [6.45, 7) is 1.40. The average molecular weight is 1400 g/mol. The summed E-state index contributed by atoms with van der Waals surface area (Å²) in [5.41, 5.74) is 20.8. The molecule has 0 fully saturated rings. The molecule has 31 nitrogen and oxygen atoms in total. The number of H-pyrrole nitrogens is 3. The lowest BCUT2D eigenvalue weighted by Crippen LogP contribution is -2.61. The number of aromatic nitrogens is 4. The molecule has 526 valence electrons. The molecule has 0 aliphatic heterocycles. The highest BCUT2D eigenvalue weighted by Gasteiger charge is 2.36. The number of aromatic amines is 3. The molecule has 3 aromatic heterocycles. The second-order valence-electron chi connectivity index (χ2n) is 23.4. The number of primary amides is 1. The molecule has 0 bridgehead atoms. The first-order valence-electron chi connectivity index (χ1n) is 31.7. The van der Waals surface area contributed by atoms with Crippen LogP contribution in [0.5, 0.6) is 5.75 Å². The number of benzene rings is 4. The number of hydrogen-bond donors (Lipinski definition) is 22. The van der Waals surface area contributed by atoms with Crippen LogP contribution in [-0.2, 0) is 80.0 Å². The van der Waals surface area contributed by atoms with E-state index in [0.29, 0.717) is 38.9 Å². The van der Waals surface area contributed by atoms with Crippen molar-refractivity contribution in [2.75, 3.05) is 24.6 Å². The minimum atomic E-state index is -1.54. The molecular formula is C66H84N20O11S2. The largest absolute Gasteiger partial charge is 0.508 e. The molecule has 0 aliphatic carbocycles. The van der Waals surface area contributed by atoms with Gasteiger partial charge in [0.05, 0.1) is 6.33 Å². The summed E-state index contributed by atoms with van der Waals surface area (Å²) in [6.07, 6.45) is 5.47. The van der Waals surface area contributed by atoms with Gasteiger partial charge in [-0.1, -0.05) is 78.9 Å².